The number of β-amino-alcohol motifs (C(OH)–C–C–N with tert-alkyl or cyclic N) is 1. The van der Waals surface area contributed by atoms with Crippen molar-refractivity contribution < 1.29 is 19.4 Å². The van der Waals surface area contributed by atoms with Crippen LogP contribution in [0.15, 0.2) is 23.8 Å². The molecule has 3 aliphatic rings. The number of tetrazole rings is 1. The maximum atomic E-state index is 13.3. The fourth-order valence-electron chi connectivity index (χ4n) is 4.95. The molecule has 0 saturated carbocycles. The summed E-state index contributed by atoms with van der Waals surface area (Å²) in [5.74, 6) is 0.1000. The van der Waals surface area contributed by atoms with Gasteiger partial charge in [-0.2, -0.15) is 4.68 Å². The minimum atomic E-state index is -0.743. The first-order valence-corrected chi connectivity index (χ1v) is 11.0. The minimum absolute atomic E-state index is 0.0952. The molecule has 2 aromatic heterocycles. The van der Waals surface area contributed by atoms with E-state index in [0.29, 0.717) is 54.7 Å². The second-order valence-corrected chi connectivity index (χ2v) is 8.92. The normalized spacial score (nSPS) is 21.8. The molecule has 1 amide bonds. The molecular weight excluding hydrogens is 428 g/mol. The van der Waals surface area contributed by atoms with Crippen molar-refractivity contribution in [2.45, 2.75) is 39.2 Å². The Kier molecular flexibility index (Phi) is 5.41. The highest BCUT2D eigenvalue weighted by molar-refractivity contribution is 5.94. The zero-order chi connectivity index (χ0) is 23.2. The van der Waals surface area contributed by atoms with Gasteiger partial charge in [0, 0.05) is 30.5 Å². The maximum absolute atomic E-state index is 13.3. The molecule has 0 radical (unpaired) electrons. The van der Waals surface area contributed by atoms with Crippen molar-refractivity contribution in [1.82, 2.24) is 40.0 Å². The van der Waals surface area contributed by atoms with Gasteiger partial charge in [0.15, 0.2) is 0 Å². The third-order valence-electron chi connectivity index (χ3n) is 7.08. The minimum Gasteiger partial charge on any atom is -0.456 e. The number of aliphatic hydroxyl groups is 1. The van der Waals surface area contributed by atoms with Crippen LogP contribution in [0.1, 0.15) is 43.5 Å². The number of hydrogen-bond donors (Lipinski definition) is 1. The van der Waals surface area contributed by atoms with Crippen LogP contribution in [0.5, 0.6) is 0 Å². The lowest BCUT2D eigenvalue weighted by molar-refractivity contribution is -0.138. The van der Waals surface area contributed by atoms with Crippen LogP contribution in [-0.2, 0) is 14.3 Å². The number of aliphatic hydroxyl groups excluding tert-OH is 1. The van der Waals surface area contributed by atoms with Gasteiger partial charge in [-0.1, -0.05) is 0 Å². The number of cyclic esters (lactones) is 1. The van der Waals surface area contributed by atoms with Crippen molar-refractivity contribution in [3.8, 4) is 5.95 Å². The maximum Gasteiger partial charge on any atom is 0.336 e. The van der Waals surface area contributed by atoms with Crippen molar-refractivity contribution in [1.29, 1.82) is 0 Å². The van der Waals surface area contributed by atoms with Gasteiger partial charge in [0.25, 0.3) is 5.95 Å². The van der Waals surface area contributed by atoms with E-state index >= 15 is 0 Å². The predicted molar refractivity (Wildman–Crippen MR) is 113 cm³/mol. The topological polar surface area (TPSA) is 139 Å². The highest BCUT2D eigenvalue weighted by Crippen LogP contribution is 2.43. The standard InChI is InChI=1S/C21H26N8O4/c1-13-16(11-33-18(13)31)28-8-5-21(19(28)32)3-6-27(7-4-21)10-17(30)15-9-22-20(24-14(15)2)29-12-23-25-26-29/h9,12,17,30H,3-8,10-11H2,1-2H3/t17-/m1/s1. The number of carbonyl (C=O) groups excluding carboxylic acids is 2. The van der Waals surface area contributed by atoms with Crippen molar-refractivity contribution in [3.63, 3.8) is 0 Å². The number of hydrogen-bond acceptors (Lipinski definition) is 10. The summed E-state index contributed by atoms with van der Waals surface area (Å²) in [6.07, 6.45) is 4.50. The average Bonchev–Trinajstić information content (AvgIpc) is 3.53. The Balaban J connectivity index is 1.21. The van der Waals surface area contributed by atoms with E-state index < -0.39 is 11.5 Å². The Morgan fingerprint density at radius 1 is 1.18 bits per heavy atom. The summed E-state index contributed by atoms with van der Waals surface area (Å²) < 4.78 is 6.45. The summed E-state index contributed by atoms with van der Waals surface area (Å²) >= 11 is 0. The molecule has 174 valence electrons. The number of aromatic nitrogens is 6. The Morgan fingerprint density at radius 3 is 2.58 bits per heavy atom. The number of piperidine rings is 1. The van der Waals surface area contributed by atoms with Crippen LogP contribution >= 0.6 is 0 Å². The molecule has 2 aromatic rings. The van der Waals surface area contributed by atoms with Gasteiger partial charge in [-0.15, -0.1) is 5.10 Å². The van der Waals surface area contributed by atoms with Crippen molar-refractivity contribution in [2.24, 2.45) is 5.41 Å². The number of amides is 1. The summed E-state index contributed by atoms with van der Waals surface area (Å²) in [4.78, 5) is 37.6. The number of nitrogens with zero attached hydrogens (tertiary/aromatic N) is 8. The van der Waals surface area contributed by atoms with Crippen LogP contribution in [0.3, 0.4) is 0 Å². The zero-order valence-electron chi connectivity index (χ0n) is 18.6. The first-order valence-electron chi connectivity index (χ1n) is 11.0. The molecule has 12 nitrogen and oxygen atoms in total. The fraction of sp³-hybridized carbons (Fsp3) is 0.571. The van der Waals surface area contributed by atoms with Gasteiger partial charge in [0.05, 0.1) is 22.8 Å². The molecule has 1 atom stereocenters. The summed E-state index contributed by atoms with van der Waals surface area (Å²) in [5, 5.41) is 21.8. The molecule has 2 saturated heterocycles. The van der Waals surface area contributed by atoms with Crippen molar-refractivity contribution in [2.75, 3.05) is 32.8 Å². The zero-order valence-corrected chi connectivity index (χ0v) is 18.6. The number of likely N-dealkylation sites (tertiary alicyclic amines) is 2. The fourth-order valence-corrected chi connectivity index (χ4v) is 4.95. The molecule has 1 N–H and O–H groups in total. The monoisotopic (exact) mass is 454 g/mol. The van der Waals surface area contributed by atoms with E-state index in [1.54, 1.807) is 18.0 Å². The van der Waals surface area contributed by atoms with Gasteiger partial charge in [-0.25, -0.2) is 14.8 Å². The Bertz CT molecular complexity index is 1110. The summed E-state index contributed by atoms with van der Waals surface area (Å²) in [6, 6.07) is 0. The molecule has 12 heteroatoms. The molecule has 0 unspecified atom stereocenters. The van der Waals surface area contributed by atoms with Crippen LogP contribution in [0, 0.1) is 12.3 Å². The van der Waals surface area contributed by atoms with E-state index in [0.717, 1.165) is 19.3 Å². The quantitative estimate of drug-likeness (QED) is 0.611. The lowest BCUT2D eigenvalue weighted by Crippen LogP contribution is -2.45. The van der Waals surface area contributed by atoms with Gasteiger partial charge in [0.1, 0.15) is 12.9 Å². The molecule has 0 aromatic carbocycles. The highest BCUT2D eigenvalue weighted by atomic mass is 16.5. The van der Waals surface area contributed by atoms with Gasteiger partial charge in [0.2, 0.25) is 5.91 Å². The van der Waals surface area contributed by atoms with Gasteiger partial charge < -0.3 is 19.6 Å². The molecule has 0 aliphatic carbocycles. The lowest BCUT2D eigenvalue weighted by Gasteiger charge is -2.38. The first-order chi connectivity index (χ1) is 15.9. The third kappa shape index (κ3) is 3.78. The van der Waals surface area contributed by atoms with Gasteiger partial charge >= 0.3 is 5.97 Å². The molecule has 2 fully saturated rings. The summed E-state index contributed by atoms with van der Waals surface area (Å²) in [5.41, 5.74) is 2.16. The smallest absolute Gasteiger partial charge is 0.336 e. The van der Waals surface area contributed by atoms with Gasteiger partial charge in [-0.3, -0.25) is 4.79 Å². The van der Waals surface area contributed by atoms with Crippen LogP contribution in [0.4, 0.5) is 0 Å². The Hall–Kier alpha value is -3.25. The molecular formula is C21H26N8O4. The highest BCUT2D eigenvalue weighted by Gasteiger charge is 2.50. The predicted octanol–water partition coefficient (Wildman–Crippen LogP) is -0.0606. The summed E-state index contributed by atoms with van der Waals surface area (Å²) in [6.45, 7) is 6.20. The average molecular weight is 454 g/mol. The molecule has 0 bridgehead atoms. The van der Waals surface area contributed by atoms with E-state index in [4.69, 9.17) is 4.74 Å². The van der Waals surface area contributed by atoms with Gasteiger partial charge in [-0.05, 0) is 56.6 Å². The number of aryl methyl sites for hydroxylation is 1. The van der Waals surface area contributed by atoms with E-state index in [1.807, 2.05) is 6.92 Å². The van der Waals surface area contributed by atoms with E-state index in [1.165, 1.54) is 11.0 Å². The number of rotatable bonds is 5. The summed E-state index contributed by atoms with van der Waals surface area (Å²) in [7, 11) is 0. The molecule has 5 rings (SSSR count). The molecule has 33 heavy (non-hydrogen) atoms. The lowest BCUT2D eigenvalue weighted by atomic mass is 9.77. The molecule has 3 aliphatic heterocycles. The number of ether oxygens (including phenoxy) is 1. The second-order valence-electron chi connectivity index (χ2n) is 8.92. The molecule has 1 spiro atoms. The largest absolute Gasteiger partial charge is 0.456 e. The van der Waals surface area contributed by atoms with E-state index in [2.05, 4.69) is 30.4 Å². The first kappa shape index (κ1) is 21.6. The third-order valence-corrected chi connectivity index (χ3v) is 7.08. The van der Waals surface area contributed by atoms with Crippen molar-refractivity contribution in [3.05, 3.63) is 35.1 Å². The Labute approximate surface area is 190 Å². The second kappa shape index (κ2) is 8.27. The SMILES string of the molecule is CC1=C(N2CCC3(CCN(C[C@@H](O)c4cnc(-n5cnnn5)nc4C)CC3)C2=O)COC1=O. The van der Waals surface area contributed by atoms with Crippen LogP contribution in [-0.4, -0.2) is 89.7 Å². The van der Waals surface area contributed by atoms with E-state index in [9.17, 15) is 14.7 Å². The van der Waals surface area contributed by atoms with Crippen LogP contribution in [0.2, 0.25) is 0 Å². The number of esters is 1. The molecule has 5 heterocycles. The van der Waals surface area contributed by atoms with Crippen LogP contribution in [0.25, 0.3) is 5.95 Å². The van der Waals surface area contributed by atoms with Crippen molar-refractivity contribution >= 4 is 11.9 Å². The number of carbonyl (C=O) groups is 2. The Morgan fingerprint density at radius 2 is 1.94 bits per heavy atom. The van der Waals surface area contributed by atoms with Crippen LogP contribution < -0.4 is 0 Å². The van der Waals surface area contributed by atoms with E-state index in [-0.39, 0.29) is 18.5 Å².